The molecule has 0 bridgehead atoms. The first kappa shape index (κ1) is 30.5. The lowest BCUT2D eigenvalue weighted by atomic mass is 9.93. The number of nitrogens with zero attached hydrogens (tertiary/aromatic N) is 5. The van der Waals surface area contributed by atoms with Gasteiger partial charge in [0.1, 0.15) is 12.4 Å². The highest BCUT2D eigenvalue weighted by Crippen LogP contribution is 2.43. The molecule has 226 valence electrons. The summed E-state index contributed by atoms with van der Waals surface area (Å²) >= 11 is 5.14. The van der Waals surface area contributed by atoms with Crippen LogP contribution in [0.15, 0.2) is 33.0 Å². The Kier molecular flexibility index (Phi) is 9.86. The number of imidazole rings is 1. The van der Waals surface area contributed by atoms with Crippen LogP contribution in [0.3, 0.4) is 0 Å². The summed E-state index contributed by atoms with van der Waals surface area (Å²) in [5, 5.41) is 0.764. The van der Waals surface area contributed by atoms with Gasteiger partial charge in [-0.05, 0) is 78.7 Å². The number of rotatable bonds is 12. The number of anilines is 1. The third-order valence-corrected chi connectivity index (χ3v) is 9.48. The highest BCUT2D eigenvalue weighted by molar-refractivity contribution is 9.10. The van der Waals surface area contributed by atoms with Gasteiger partial charge in [0.05, 0.1) is 0 Å². The number of halogens is 1. The van der Waals surface area contributed by atoms with Gasteiger partial charge in [-0.1, -0.05) is 25.6 Å². The van der Waals surface area contributed by atoms with Crippen LogP contribution in [0.2, 0.25) is 0 Å². The maximum atomic E-state index is 12.3. The third-order valence-electron chi connectivity index (χ3n) is 7.51. The minimum absolute atomic E-state index is 0.201. The lowest BCUT2D eigenvalue weighted by molar-refractivity contribution is -0.154. The van der Waals surface area contributed by atoms with E-state index in [0.717, 1.165) is 46.9 Å². The summed E-state index contributed by atoms with van der Waals surface area (Å²) in [5.41, 5.74) is 13.4. The molecular formula is C28H36BrN7O5S. The number of esters is 1. The number of ether oxygens (including phenoxy) is 3. The lowest BCUT2D eigenvalue weighted by Crippen LogP contribution is -2.43. The Morgan fingerprint density at radius 2 is 1.98 bits per heavy atom. The fourth-order valence-electron chi connectivity index (χ4n) is 5.26. The van der Waals surface area contributed by atoms with Crippen molar-refractivity contribution in [1.82, 2.24) is 24.4 Å². The second-order valence-corrected chi connectivity index (χ2v) is 13.0. The molecule has 2 atom stereocenters. The molecule has 2 aliphatic heterocycles. The van der Waals surface area contributed by atoms with Crippen LogP contribution < -0.4 is 20.9 Å². The molecular weight excluding hydrogens is 626 g/mol. The van der Waals surface area contributed by atoms with Crippen molar-refractivity contribution in [2.24, 2.45) is 17.6 Å². The van der Waals surface area contributed by atoms with Crippen molar-refractivity contribution in [2.75, 3.05) is 32.2 Å². The fourth-order valence-corrected chi connectivity index (χ4v) is 6.77. The average Bonchev–Trinajstić information content (AvgIpc) is 3.56. The molecule has 2 aromatic heterocycles. The highest BCUT2D eigenvalue weighted by Gasteiger charge is 2.27. The average molecular weight is 663 g/mol. The van der Waals surface area contributed by atoms with Crippen molar-refractivity contribution in [3.05, 3.63) is 22.9 Å². The number of hydrogen-bond donors (Lipinski definition) is 2. The van der Waals surface area contributed by atoms with Crippen molar-refractivity contribution in [3.63, 3.8) is 0 Å². The molecule has 12 nitrogen and oxygen atoms in total. The van der Waals surface area contributed by atoms with Gasteiger partial charge in [0.15, 0.2) is 46.0 Å². The first-order chi connectivity index (χ1) is 20.2. The number of benzene rings is 1. The van der Waals surface area contributed by atoms with E-state index in [2.05, 4.69) is 35.4 Å². The molecule has 1 unspecified atom stereocenters. The van der Waals surface area contributed by atoms with Gasteiger partial charge in [-0.3, -0.25) is 14.5 Å². The quantitative estimate of drug-likeness (QED) is 0.214. The van der Waals surface area contributed by atoms with Gasteiger partial charge < -0.3 is 30.2 Å². The second-order valence-electron chi connectivity index (χ2n) is 11.1. The lowest BCUT2D eigenvalue weighted by Gasteiger charge is -2.33. The Morgan fingerprint density at radius 3 is 2.69 bits per heavy atom. The van der Waals surface area contributed by atoms with Gasteiger partial charge >= 0.3 is 5.97 Å². The molecule has 0 spiro atoms. The van der Waals surface area contributed by atoms with Crippen LogP contribution in [0.25, 0.3) is 11.2 Å². The van der Waals surface area contributed by atoms with Crippen molar-refractivity contribution in [3.8, 4) is 11.5 Å². The molecule has 0 saturated carbocycles. The third kappa shape index (κ3) is 7.16. The van der Waals surface area contributed by atoms with E-state index >= 15 is 0 Å². The fraction of sp³-hybridized carbons (Fsp3) is 0.536. The first-order valence-electron chi connectivity index (χ1n) is 14.1. The second kappa shape index (κ2) is 13.6. The van der Waals surface area contributed by atoms with Crippen LogP contribution >= 0.6 is 27.7 Å². The monoisotopic (exact) mass is 661 g/mol. The van der Waals surface area contributed by atoms with Crippen LogP contribution in [0.5, 0.6) is 11.5 Å². The number of aldehydes is 1. The van der Waals surface area contributed by atoms with E-state index in [0.29, 0.717) is 60.2 Å². The number of nitrogen functional groups attached to an aromatic ring is 1. The topological polar surface area (TPSA) is 161 Å². The molecule has 1 fully saturated rings. The summed E-state index contributed by atoms with van der Waals surface area (Å²) in [6, 6.07) is 3.12. The standard InChI is InChI=1S/C28H36BrN7O5S/c1-16(2)9-20(30)27(38)41-18(13-37)12-35-6-3-17(4-7-35)5-8-36-26-24(25(31)32-14-33-26)34-28(36)42-23-11-22-21(10-19(23)29)39-15-40-22/h10-11,13-14,16-18,20H,3-9,12,15,30H2,1-2H3,(H2,31,32,33)/t18?,20-/m0/s1. The molecule has 14 heteroatoms. The van der Waals surface area contributed by atoms with Crippen molar-refractivity contribution >= 4 is 56.9 Å². The zero-order valence-corrected chi connectivity index (χ0v) is 26.1. The Morgan fingerprint density at radius 1 is 1.24 bits per heavy atom. The van der Waals surface area contributed by atoms with Crippen molar-refractivity contribution in [2.45, 2.75) is 68.3 Å². The summed E-state index contributed by atoms with van der Waals surface area (Å²) in [6.45, 7) is 6.91. The maximum Gasteiger partial charge on any atom is 0.323 e. The summed E-state index contributed by atoms with van der Waals surface area (Å²) in [5.74, 6) is 1.97. The zero-order chi connectivity index (χ0) is 29.8. The highest BCUT2D eigenvalue weighted by atomic mass is 79.9. The van der Waals surface area contributed by atoms with E-state index in [1.54, 1.807) is 0 Å². The summed E-state index contributed by atoms with van der Waals surface area (Å²) < 4.78 is 19.4. The summed E-state index contributed by atoms with van der Waals surface area (Å²) in [7, 11) is 0. The van der Waals surface area contributed by atoms with Gasteiger partial charge in [0.2, 0.25) is 6.79 Å². The predicted octanol–water partition coefficient (Wildman–Crippen LogP) is 3.64. The van der Waals surface area contributed by atoms with Crippen LogP contribution in [-0.4, -0.2) is 75.2 Å². The van der Waals surface area contributed by atoms with E-state index in [4.69, 9.17) is 30.7 Å². The Labute approximate surface area is 257 Å². The Hall–Kier alpha value is -2.94. The molecule has 0 radical (unpaired) electrons. The number of nitrogens with two attached hydrogens (primary N) is 2. The van der Waals surface area contributed by atoms with Crippen LogP contribution in [0.4, 0.5) is 5.82 Å². The Balaban J connectivity index is 1.20. The van der Waals surface area contributed by atoms with Gasteiger partial charge in [0.25, 0.3) is 0 Å². The SMILES string of the molecule is CC(C)C[C@H](N)C(=O)OC(C=O)CN1CCC(CCn2c(Sc3cc4c(cc3Br)OCO4)nc3c(N)ncnc32)CC1. The largest absolute Gasteiger partial charge is 0.454 e. The van der Waals surface area contributed by atoms with Crippen LogP contribution in [-0.2, 0) is 20.9 Å². The maximum absolute atomic E-state index is 12.3. The van der Waals surface area contributed by atoms with Crippen LogP contribution in [0.1, 0.15) is 39.5 Å². The predicted molar refractivity (Wildman–Crippen MR) is 161 cm³/mol. The number of piperidine rings is 1. The van der Waals surface area contributed by atoms with Gasteiger partial charge in [-0.25, -0.2) is 15.0 Å². The van der Waals surface area contributed by atoms with E-state index < -0.39 is 18.1 Å². The van der Waals surface area contributed by atoms with E-state index in [1.165, 1.54) is 18.1 Å². The molecule has 0 aliphatic carbocycles. The van der Waals surface area contributed by atoms with Crippen molar-refractivity contribution < 1.29 is 23.8 Å². The van der Waals surface area contributed by atoms with E-state index in [1.807, 2.05) is 26.0 Å². The minimum atomic E-state index is -0.815. The molecule has 3 aromatic rings. The molecule has 5 rings (SSSR count). The zero-order valence-electron chi connectivity index (χ0n) is 23.7. The molecule has 0 amide bonds. The molecule has 4 heterocycles. The first-order valence-corrected chi connectivity index (χ1v) is 15.7. The molecule has 42 heavy (non-hydrogen) atoms. The summed E-state index contributed by atoms with van der Waals surface area (Å²) in [6.07, 6.45) is 4.72. The van der Waals surface area contributed by atoms with Gasteiger partial charge in [-0.2, -0.15) is 0 Å². The molecule has 1 aromatic carbocycles. The smallest absolute Gasteiger partial charge is 0.323 e. The number of carbonyl (C=O) groups is 2. The number of likely N-dealkylation sites (tertiary alicyclic amines) is 1. The van der Waals surface area contributed by atoms with Gasteiger partial charge in [0, 0.05) is 22.5 Å². The number of aryl methyl sites for hydroxylation is 1. The number of hydrogen-bond acceptors (Lipinski definition) is 12. The van der Waals surface area contributed by atoms with E-state index in [-0.39, 0.29) is 12.7 Å². The number of carbonyl (C=O) groups excluding carboxylic acids is 2. The number of fused-ring (bicyclic) bond motifs is 2. The number of aromatic nitrogens is 4. The molecule has 4 N–H and O–H groups in total. The normalized spacial score (nSPS) is 17.1. The van der Waals surface area contributed by atoms with Crippen LogP contribution in [0, 0.1) is 11.8 Å². The van der Waals surface area contributed by atoms with Crippen molar-refractivity contribution in [1.29, 1.82) is 0 Å². The molecule has 1 saturated heterocycles. The Bertz CT molecular complexity index is 1430. The summed E-state index contributed by atoms with van der Waals surface area (Å²) in [4.78, 5) is 40.5. The minimum Gasteiger partial charge on any atom is -0.454 e. The van der Waals surface area contributed by atoms with E-state index in [9.17, 15) is 9.59 Å². The van der Waals surface area contributed by atoms with Gasteiger partial charge in [-0.15, -0.1) is 0 Å². The molecule has 2 aliphatic rings.